The van der Waals surface area contributed by atoms with Gasteiger partial charge < -0.3 is 16.8 Å². The quantitative estimate of drug-likeness (QED) is 0.288. The second-order valence-corrected chi connectivity index (χ2v) is 15.3. The second-order valence-electron chi connectivity index (χ2n) is 15.3. The first-order valence-electron chi connectivity index (χ1n) is 16.8. The molecule has 0 saturated heterocycles. The number of rotatable bonds is 7. The number of primary amides is 1. The number of hydrogen-bond donors (Lipinski definition) is 3. The summed E-state index contributed by atoms with van der Waals surface area (Å²) in [5, 5.41) is 2.48. The molecule has 230 valence electrons. The minimum absolute atomic E-state index is 0.245. The Balaban J connectivity index is 0.000000234. The molecule has 1 aromatic rings. The molecular weight excluding hydrogens is 506 g/mol. The zero-order chi connectivity index (χ0) is 29.9. The van der Waals surface area contributed by atoms with Crippen LogP contribution >= 0.6 is 0 Å². The Morgan fingerprint density at radius 1 is 0.927 bits per heavy atom. The number of hydrogen-bond acceptors (Lipinski definition) is 3. The summed E-state index contributed by atoms with van der Waals surface area (Å²) in [6.45, 7) is 14.2. The molecule has 0 heterocycles. The number of benzene rings is 1. The molecule has 0 spiro atoms. The maximum atomic E-state index is 10.9. The first-order chi connectivity index (χ1) is 19.4. The van der Waals surface area contributed by atoms with E-state index in [0.29, 0.717) is 22.2 Å². The number of anilines is 2. The molecule has 4 aliphatic carbocycles. The zero-order valence-corrected chi connectivity index (χ0v) is 26.9. The summed E-state index contributed by atoms with van der Waals surface area (Å²) < 4.78 is 0. The van der Waals surface area contributed by atoms with E-state index in [9.17, 15) is 9.59 Å². The van der Waals surface area contributed by atoms with Gasteiger partial charge in [0.25, 0.3) is 5.91 Å². The fourth-order valence-electron chi connectivity index (χ4n) is 10.4. The van der Waals surface area contributed by atoms with E-state index < -0.39 is 5.91 Å². The van der Waals surface area contributed by atoms with Crippen LogP contribution in [0.3, 0.4) is 0 Å². The smallest absolute Gasteiger partial charge is 0.250 e. The molecule has 0 aromatic heterocycles. The molecule has 5 rings (SSSR count). The van der Waals surface area contributed by atoms with Crippen LogP contribution < -0.4 is 16.8 Å². The standard InChI is InChI=1S/C27H48.C9H11N3O2/c1-19(2)9-8-10-20(3)23-14-15-24-22-13-12-21-11-6-7-17-26(21,4)25(22)16-18-27(23,24)5;1-5(13)12-8-4-6(10)2-3-7(8)9(11)14/h19-25H,6-18H2,1-5H3;2-4H,10H2,1H3,(H2,11,14)(H,12,13)/t20-,21?,22+,23-,24+,25+,26+,27-;/m1./s1. The highest BCUT2D eigenvalue weighted by atomic mass is 16.2. The molecule has 4 aliphatic rings. The average molecular weight is 566 g/mol. The van der Waals surface area contributed by atoms with Gasteiger partial charge in [0.05, 0.1) is 11.3 Å². The van der Waals surface area contributed by atoms with E-state index in [1.807, 2.05) is 0 Å². The number of carbonyl (C=O) groups is 2. The van der Waals surface area contributed by atoms with Crippen molar-refractivity contribution in [3.05, 3.63) is 23.8 Å². The van der Waals surface area contributed by atoms with Crippen LogP contribution in [0.2, 0.25) is 0 Å². The van der Waals surface area contributed by atoms with E-state index in [0.717, 1.165) is 41.4 Å². The van der Waals surface area contributed by atoms with Crippen molar-refractivity contribution < 1.29 is 9.59 Å². The van der Waals surface area contributed by atoms with Crippen molar-refractivity contribution in [1.29, 1.82) is 0 Å². The van der Waals surface area contributed by atoms with Crippen molar-refractivity contribution in [2.24, 2.45) is 58.0 Å². The molecule has 0 bridgehead atoms. The Morgan fingerprint density at radius 2 is 1.66 bits per heavy atom. The van der Waals surface area contributed by atoms with Gasteiger partial charge in [0.15, 0.2) is 0 Å². The van der Waals surface area contributed by atoms with Gasteiger partial charge >= 0.3 is 0 Å². The average Bonchev–Trinajstić information content (AvgIpc) is 3.25. The summed E-state index contributed by atoms with van der Waals surface area (Å²) in [4.78, 5) is 21.7. The molecule has 0 radical (unpaired) electrons. The topological polar surface area (TPSA) is 98.2 Å². The van der Waals surface area contributed by atoms with Crippen molar-refractivity contribution in [3.63, 3.8) is 0 Å². The number of fused-ring (bicyclic) bond motifs is 5. The Kier molecular flexibility index (Phi) is 10.2. The molecule has 0 aliphatic heterocycles. The normalized spacial score (nSPS) is 34.9. The lowest BCUT2D eigenvalue weighted by atomic mass is 9.44. The van der Waals surface area contributed by atoms with E-state index >= 15 is 0 Å². The van der Waals surface area contributed by atoms with Crippen molar-refractivity contribution in [2.75, 3.05) is 11.1 Å². The van der Waals surface area contributed by atoms with Gasteiger partial charge in [-0.05, 0) is 122 Å². The van der Waals surface area contributed by atoms with Gasteiger partial charge in [-0.2, -0.15) is 0 Å². The lowest BCUT2D eigenvalue weighted by molar-refractivity contribution is -0.114. The molecule has 5 nitrogen and oxygen atoms in total. The SMILES string of the molecule is CC(=O)Nc1cc(N)ccc1C(N)=O.CC(C)CCC[C@@H](C)[C@H]1CC[C@H]2[C@@H]3CCC4CCCC[C@]4(C)[C@H]3CC[C@]12C. The highest BCUT2D eigenvalue weighted by molar-refractivity contribution is 6.03. The van der Waals surface area contributed by atoms with Crippen molar-refractivity contribution in [2.45, 2.75) is 125 Å². The molecule has 4 fully saturated rings. The van der Waals surface area contributed by atoms with Crippen LogP contribution in [0.5, 0.6) is 0 Å². The lowest BCUT2D eigenvalue weighted by Gasteiger charge is -2.61. The molecule has 5 heteroatoms. The molecule has 1 aromatic carbocycles. The van der Waals surface area contributed by atoms with Crippen molar-refractivity contribution in [3.8, 4) is 0 Å². The predicted molar refractivity (Wildman–Crippen MR) is 171 cm³/mol. The second kappa shape index (κ2) is 13.1. The monoisotopic (exact) mass is 565 g/mol. The number of carbonyl (C=O) groups excluding carboxylic acids is 2. The lowest BCUT2D eigenvalue weighted by Crippen LogP contribution is -2.53. The van der Waals surface area contributed by atoms with Crippen molar-refractivity contribution >= 4 is 23.2 Å². The number of amides is 2. The maximum absolute atomic E-state index is 10.9. The van der Waals surface area contributed by atoms with E-state index in [-0.39, 0.29) is 11.5 Å². The Hall–Kier alpha value is -2.04. The van der Waals surface area contributed by atoms with Crippen LogP contribution in [0.15, 0.2) is 18.2 Å². The third-order valence-corrected chi connectivity index (χ3v) is 12.4. The summed E-state index contributed by atoms with van der Waals surface area (Å²) >= 11 is 0. The first-order valence-corrected chi connectivity index (χ1v) is 16.8. The molecular formula is C36H59N3O2. The van der Waals surface area contributed by atoms with Crippen LogP contribution in [0.4, 0.5) is 11.4 Å². The minimum Gasteiger partial charge on any atom is -0.399 e. The molecule has 2 amide bonds. The number of nitrogens with one attached hydrogen (secondary N) is 1. The molecule has 1 unspecified atom stereocenters. The third kappa shape index (κ3) is 6.80. The fraction of sp³-hybridized carbons (Fsp3) is 0.778. The van der Waals surface area contributed by atoms with Crippen LogP contribution in [-0.4, -0.2) is 11.8 Å². The molecule has 41 heavy (non-hydrogen) atoms. The fourth-order valence-corrected chi connectivity index (χ4v) is 10.4. The van der Waals surface area contributed by atoms with E-state index in [2.05, 4.69) is 39.9 Å². The van der Waals surface area contributed by atoms with Gasteiger partial charge in [0.2, 0.25) is 5.91 Å². The van der Waals surface area contributed by atoms with Gasteiger partial charge in [-0.15, -0.1) is 0 Å². The van der Waals surface area contributed by atoms with Crippen LogP contribution in [-0.2, 0) is 4.79 Å². The summed E-state index contributed by atoms with van der Waals surface area (Å²) in [7, 11) is 0. The minimum atomic E-state index is -0.603. The number of nitrogens with two attached hydrogens (primary N) is 2. The summed E-state index contributed by atoms with van der Waals surface area (Å²) in [5.41, 5.74) is 13.0. The Labute approximate surface area is 250 Å². The summed E-state index contributed by atoms with van der Waals surface area (Å²) in [6, 6.07) is 4.51. The predicted octanol–water partition coefficient (Wildman–Crippen LogP) is 8.82. The summed E-state index contributed by atoms with van der Waals surface area (Å²) in [6.07, 6.45) is 19.9. The molecule has 8 atom stereocenters. The Bertz CT molecular complexity index is 1070. The van der Waals surface area contributed by atoms with E-state index in [1.165, 1.54) is 51.2 Å². The number of nitrogen functional groups attached to an aromatic ring is 1. The van der Waals surface area contributed by atoms with Gasteiger partial charge in [0.1, 0.15) is 0 Å². The first kappa shape index (κ1) is 31.9. The van der Waals surface area contributed by atoms with Crippen LogP contribution in [0.25, 0.3) is 0 Å². The van der Waals surface area contributed by atoms with Crippen LogP contribution in [0, 0.1) is 52.3 Å². The molecule has 4 saturated carbocycles. The highest BCUT2D eigenvalue weighted by Crippen LogP contribution is 2.68. The zero-order valence-electron chi connectivity index (χ0n) is 26.9. The Morgan fingerprint density at radius 3 is 2.34 bits per heavy atom. The van der Waals surface area contributed by atoms with Gasteiger partial charge in [-0.1, -0.05) is 66.7 Å². The van der Waals surface area contributed by atoms with E-state index in [4.69, 9.17) is 11.5 Å². The largest absolute Gasteiger partial charge is 0.399 e. The van der Waals surface area contributed by atoms with Crippen LogP contribution in [0.1, 0.15) is 135 Å². The third-order valence-electron chi connectivity index (χ3n) is 12.4. The molecule has 5 N–H and O–H groups in total. The van der Waals surface area contributed by atoms with Gasteiger partial charge in [-0.25, -0.2) is 0 Å². The van der Waals surface area contributed by atoms with Crippen molar-refractivity contribution in [1.82, 2.24) is 0 Å². The van der Waals surface area contributed by atoms with Gasteiger partial charge in [0, 0.05) is 12.6 Å². The van der Waals surface area contributed by atoms with E-state index in [1.54, 1.807) is 57.4 Å². The summed E-state index contributed by atoms with van der Waals surface area (Å²) in [5.74, 6) is 6.26. The maximum Gasteiger partial charge on any atom is 0.250 e. The highest BCUT2D eigenvalue weighted by Gasteiger charge is 2.60. The van der Waals surface area contributed by atoms with Gasteiger partial charge in [-0.3, -0.25) is 9.59 Å².